The maximum absolute atomic E-state index is 11.6. The molecule has 0 unspecified atom stereocenters. The molecule has 2 heterocycles. The first-order valence-corrected chi connectivity index (χ1v) is 8.08. The molecule has 4 nitrogen and oxygen atoms in total. The molecule has 0 saturated carbocycles. The average molecular weight is 332 g/mol. The van der Waals surface area contributed by atoms with Crippen LogP contribution in [0.15, 0.2) is 49.6 Å². The third-order valence-corrected chi connectivity index (χ3v) is 4.41. The van der Waals surface area contributed by atoms with Crippen LogP contribution in [0.5, 0.6) is 0 Å². The van der Waals surface area contributed by atoms with E-state index in [2.05, 4.69) is 18.5 Å². The van der Waals surface area contributed by atoms with Crippen LogP contribution in [0.25, 0.3) is 12.2 Å². The Balaban J connectivity index is 0.000000146. The lowest BCUT2D eigenvalue weighted by Gasteiger charge is -2.04. The molecule has 0 saturated heterocycles. The molecular formula is C21H20N2O2. The first-order chi connectivity index (χ1) is 12.0. The maximum atomic E-state index is 11.6. The van der Waals surface area contributed by atoms with Gasteiger partial charge in [0.1, 0.15) is 0 Å². The van der Waals surface area contributed by atoms with Gasteiger partial charge in [-0.1, -0.05) is 49.6 Å². The molecule has 1 N–H and O–H groups in total. The third kappa shape index (κ3) is 3.24. The van der Waals surface area contributed by atoms with Gasteiger partial charge >= 0.3 is 0 Å². The van der Waals surface area contributed by atoms with Crippen molar-refractivity contribution in [3.63, 3.8) is 0 Å². The minimum Gasteiger partial charge on any atom is -0.348 e. The van der Waals surface area contributed by atoms with Gasteiger partial charge in [0.2, 0.25) is 0 Å². The maximum Gasteiger partial charge on any atom is 0.254 e. The number of fused-ring (bicyclic) bond motifs is 2. The van der Waals surface area contributed by atoms with Crippen molar-refractivity contribution in [1.82, 2.24) is 10.2 Å². The van der Waals surface area contributed by atoms with E-state index < -0.39 is 0 Å². The van der Waals surface area contributed by atoms with Crippen LogP contribution in [0.3, 0.4) is 0 Å². The zero-order valence-electron chi connectivity index (χ0n) is 14.2. The molecule has 0 aliphatic carbocycles. The number of nitrogens with zero attached hydrogens (tertiary/aromatic N) is 1. The molecule has 2 aromatic rings. The highest BCUT2D eigenvalue weighted by Crippen LogP contribution is 2.22. The van der Waals surface area contributed by atoms with Gasteiger partial charge in [0.25, 0.3) is 11.8 Å². The van der Waals surface area contributed by atoms with Crippen molar-refractivity contribution >= 4 is 24.0 Å². The number of benzene rings is 2. The van der Waals surface area contributed by atoms with E-state index in [9.17, 15) is 9.59 Å². The Hall–Kier alpha value is -3.14. The van der Waals surface area contributed by atoms with Gasteiger partial charge in [-0.3, -0.25) is 9.59 Å². The summed E-state index contributed by atoms with van der Waals surface area (Å²) in [4.78, 5) is 24.5. The van der Waals surface area contributed by atoms with E-state index in [0.717, 1.165) is 39.9 Å². The SMILES string of the molecule is C=Cc1ccc2c(c1)C(=O)N(C)C2.C=Cc1ccc2c(c1)C(=O)NC2. The molecule has 2 aromatic carbocycles. The van der Waals surface area contributed by atoms with Gasteiger partial charge in [-0.05, 0) is 34.4 Å². The summed E-state index contributed by atoms with van der Waals surface area (Å²) in [7, 11) is 1.82. The van der Waals surface area contributed by atoms with E-state index in [1.807, 2.05) is 43.4 Å². The fraction of sp³-hybridized carbons (Fsp3) is 0.143. The molecule has 0 fully saturated rings. The summed E-state index contributed by atoms with van der Waals surface area (Å²) in [6.45, 7) is 8.71. The Kier molecular flexibility index (Phi) is 4.52. The van der Waals surface area contributed by atoms with E-state index in [1.54, 1.807) is 17.1 Å². The molecule has 4 heteroatoms. The minimum atomic E-state index is 0.0219. The number of carbonyl (C=O) groups excluding carboxylic acids is 2. The number of amides is 2. The van der Waals surface area contributed by atoms with E-state index >= 15 is 0 Å². The van der Waals surface area contributed by atoms with Gasteiger partial charge in [0.15, 0.2) is 0 Å². The topological polar surface area (TPSA) is 49.4 Å². The molecular weight excluding hydrogens is 312 g/mol. The van der Waals surface area contributed by atoms with Gasteiger partial charge in [0.05, 0.1) is 0 Å². The van der Waals surface area contributed by atoms with Crippen LogP contribution in [0.2, 0.25) is 0 Å². The molecule has 126 valence electrons. The summed E-state index contributed by atoms with van der Waals surface area (Å²) in [6, 6.07) is 11.7. The Bertz CT molecular complexity index is 883. The number of hydrogen-bond acceptors (Lipinski definition) is 2. The van der Waals surface area contributed by atoms with Crippen molar-refractivity contribution in [1.29, 1.82) is 0 Å². The standard InChI is InChI=1S/C11H11NO.C10H9NO/c1-3-8-4-5-9-7-12(2)11(13)10(9)6-8;1-2-7-3-4-8-6-11-10(12)9(8)5-7/h3-6H,1,7H2,2H3;2-5H,1,6H2,(H,11,12). The predicted molar refractivity (Wildman–Crippen MR) is 100 cm³/mol. The van der Waals surface area contributed by atoms with Crippen molar-refractivity contribution in [2.75, 3.05) is 7.05 Å². The van der Waals surface area contributed by atoms with Crippen LogP contribution in [0.1, 0.15) is 43.0 Å². The normalized spacial score (nSPS) is 14.2. The molecule has 25 heavy (non-hydrogen) atoms. The molecule has 2 aliphatic heterocycles. The zero-order valence-corrected chi connectivity index (χ0v) is 14.2. The molecule has 0 atom stereocenters. The van der Waals surface area contributed by atoms with E-state index in [4.69, 9.17) is 0 Å². The Morgan fingerprint density at radius 2 is 1.56 bits per heavy atom. The molecule has 0 radical (unpaired) electrons. The summed E-state index contributed by atoms with van der Waals surface area (Å²) >= 11 is 0. The van der Waals surface area contributed by atoms with Gasteiger partial charge in [-0.2, -0.15) is 0 Å². The van der Waals surface area contributed by atoms with Crippen molar-refractivity contribution in [2.45, 2.75) is 13.1 Å². The smallest absolute Gasteiger partial charge is 0.254 e. The second-order valence-electron chi connectivity index (χ2n) is 6.09. The molecule has 0 aromatic heterocycles. The predicted octanol–water partition coefficient (Wildman–Crippen LogP) is 3.49. The second kappa shape index (κ2) is 6.77. The fourth-order valence-corrected chi connectivity index (χ4v) is 2.95. The molecule has 0 bridgehead atoms. The summed E-state index contributed by atoms with van der Waals surface area (Å²) in [6.07, 6.45) is 3.50. The quantitative estimate of drug-likeness (QED) is 0.915. The van der Waals surface area contributed by atoms with Crippen molar-refractivity contribution in [3.05, 3.63) is 82.9 Å². The molecule has 0 spiro atoms. The Morgan fingerprint density at radius 1 is 0.960 bits per heavy atom. The summed E-state index contributed by atoms with van der Waals surface area (Å²) in [5.41, 5.74) is 5.78. The van der Waals surface area contributed by atoms with Gasteiger partial charge in [-0.25, -0.2) is 0 Å². The Labute approximate surface area is 147 Å². The average Bonchev–Trinajstić information content (AvgIpc) is 3.15. The number of rotatable bonds is 2. The highest BCUT2D eigenvalue weighted by Gasteiger charge is 2.23. The summed E-state index contributed by atoms with van der Waals surface area (Å²) < 4.78 is 0. The Morgan fingerprint density at radius 3 is 2.20 bits per heavy atom. The lowest BCUT2D eigenvalue weighted by molar-refractivity contribution is 0.0816. The van der Waals surface area contributed by atoms with Crippen LogP contribution < -0.4 is 5.32 Å². The number of hydrogen-bond donors (Lipinski definition) is 1. The van der Waals surface area contributed by atoms with E-state index in [0.29, 0.717) is 6.54 Å². The van der Waals surface area contributed by atoms with Crippen molar-refractivity contribution in [2.24, 2.45) is 0 Å². The lowest BCUT2D eigenvalue weighted by Crippen LogP contribution is -2.17. The van der Waals surface area contributed by atoms with Crippen LogP contribution in [-0.4, -0.2) is 23.8 Å². The van der Waals surface area contributed by atoms with Crippen LogP contribution in [-0.2, 0) is 13.1 Å². The fourth-order valence-electron chi connectivity index (χ4n) is 2.95. The first kappa shape index (κ1) is 16.7. The first-order valence-electron chi connectivity index (χ1n) is 8.08. The largest absolute Gasteiger partial charge is 0.348 e. The molecule has 2 amide bonds. The molecule has 2 aliphatic rings. The number of nitrogens with one attached hydrogen (secondary N) is 1. The third-order valence-electron chi connectivity index (χ3n) is 4.41. The monoisotopic (exact) mass is 332 g/mol. The van der Waals surface area contributed by atoms with Crippen LogP contribution in [0, 0.1) is 0 Å². The van der Waals surface area contributed by atoms with E-state index in [-0.39, 0.29) is 11.8 Å². The van der Waals surface area contributed by atoms with Crippen molar-refractivity contribution in [3.8, 4) is 0 Å². The second-order valence-corrected chi connectivity index (χ2v) is 6.09. The van der Waals surface area contributed by atoms with Gasteiger partial charge in [0, 0.05) is 31.3 Å². The van der Waals surface area contributed by atoms with E-state index in [1.165, 1.54) is 0 Å². The minimum absolute atomic E-state index is 0.0219. The summed E-state index contributed by atoms with van der Waals surface area (Å²) in [5, 5.41) is 2.76. The van der Waals surface area contributed by atoms with Crippen LogP contribution in [0.4, 0.5) is 0 Å². The van der Waals surface area contributed by atoms with Gasteiger partial charge in [-0.15, -0.1) is 0 Å². The lowest BCUT2D eigenvalue weighted by atomic mass is 10.1. The molecule has 4 rings (SSSR count). The van der Waals surface area contributed by atoms with Crippen molar-refractivity contribution < 1.29 is 9.59 Å². The highest BCUT2D eigenvalue weighted by atomic mass is 16.2. The van der Waals surface area contributed by atoms with Gasteiger partial charge < -0.3 is 10.2 Å². The zero-order chi connectivity index (χ0) is 18.0. The highest BCUT2D eigenvalue weighted by molar-refractivity contribution is 5.99. The number of carbonyl (C=O) groups is 2. The van der Waals surface area contributed by atoms with Crippen LogP contribution >= 0.6 is 0 Å². The summed E-state index contributed by atoms with van der Waals surface area (Å²) in [5.74, 6) is 0.132.